The molecule has 0 radical (unpaired) electrons. The molecule has 3 rings (SSSR count). The predicted molar refractivity (Wildman–Crippen MR) is 85.7 cm³/mol. The molecule has 7 nitrogen and oxygen atoms in total. The fourth-order valence-corrected chi connectivity index (χ4v) is 4.19. The predicted octanol–water partition coefficient (Wildman–Crippen LogP) is 1.77. The summed E-state index contributed by atoms with van der Waals surface area (Å²) in [6.45, 7) is 3.12. The molecule has 3 heterocycles. The maximum atomic E-state index is 11.7. The molecule has 2 aliphatic rings. The van der Waals surface area contributed by atoms with E-state index in [2.05, 4.69) is 4.90 Å². The third-order valence-electron chi connectivity index (χ3n) is 4.51. The number of piperidine rings is 1. The number of carbonyl (C=O) groups is 1. The van der Waals surface area contributed by atoms with Crippen LogP contribution in [0.2, 0.25) is 0 Å². The van der Waals surface area contributed by atoms with Gasteiger partial charge in [-0.25, -0.2) is 17.5 Å². The summed E-state index contributed by atoms with van der Waals surface area (Å²) in [7, 11) is -3.06. The number of carboxylic acid groups (broad SMARTS) is 1. The van der Waals surface area contributed by atoms with Gasteiger partial charge in [0.05, 0.1) is 19.1 Å². The molecule has 26 heavy (non-hydrogen) atoms. The number of hydrogen-bond acceptors (Lipinski definition) is 5. The molecule has 2 atom stereocenters. The third-order valence-corrected chi connectivity index (χ3v) is 5.75. The Balaban J connectivity index is 0.000000298. The number of rotatable bonds is 3. The second-order valence-corrected chi connectivity index (χ2v) is 8.38. The Morgan fingerprint density at radius 1 is 1.38 bits per heavy atom. The Bertz CT molecular complexity index is 705. The summed E-state index contributed by atoms with van der Waals surface area (Å²) in [6, 6.07) is 4.22. The van der Waals surface area contributed by atoms with Crippen LogP contribution in [0.15, 0.2) is 22.8 Å². The molecule has 0 aromatic carbocycles. The Morgan fingerprint density at radius 3 is 2.54 bits per heavy atom. The molecular formula is C15H21F3N2O5S. The molecule has 0 amide bonds. The molecule has 1 aromatic rings. The van der Waals surface area contributed by atoms with Crippen molar-refractivity contribution < 1.29 is 35.9 Å². The molecule has 1 aromatic heterocycles. The van der Waals surface area contributed by atoms with Gasteiger partial charge in [-0.2, -0.15) is 13.2 Å². The third kappa shape index (κ3) is 5.45. The van der Waals surface area contributed by atoms with Crippen molar-refractivity contribution in [2.75, 3.05) is 25.9 Å². The number of aliphatic carboxylic acids is 1. The average molecular weight is 398 g/mol. The van der Waals surface area contributed by atoms with E-state index >= 15 is 0 Å². The van der Waals surface area contributed by atoms with Gasteiger partial charge in [-0.1, -0.05) is 0 Å². The van der Waals surface area contributed by atoms with Gasteiger partial charge in [-0.05, 0) is 37.4 Å². The van der Waals surface area contributed by atoms with Gasteiger partial charge in [0.2, 0.25) is 10.0 Å². The fraction of sp³-hybridized carbons (Fsp3) is 0.667. The van der Waals surface area contributed by atoms with Crippen LogP contribution in [0.25, 0.3) is 0 Å². The van der Waals surface area contributed by atoms with E-state index in [0.29, 0.717) is 25.0 Å². The van der Waals surface area contributed by atoms with E-state index in [1.165, 1.54) is 6.26 Å². The van der Waals surface area contributed by atoms with Gasteiger partial charge < -0.3 is 9.52 Å². The van der Waals surface area contributed by atoms with Crippen molar-refractivity contribution in [2.24, 2.45) is 5.92 Å². The number of carboxylic acids is 1. The Hall–Kier alpha value is -1.59. The van der Waals surface area contributed by atoms with Gasteiger partial charge in [0.1, 0.15) is 5.76 Å². The van der Waals surface area contributed by atoms with Gasteiger partial charge in [0.15, 0.2) is 0 Å². The van der Waals surface area contributed by atoms with Crippen molar-refractivity contribution in [3.63, 3.8) is 0 Å². The van der Waals surface area contributed by atoms with E-state index in [1.807, 2.05) is 12.1 Å². The summed E-state index contributed by atoms with van der Waals surface area (Å²) < 4.78 is 62.1. The number of halogens is 3. The Labute approximate surface area is 149 Å². The van der Waals surface area contributed by atoms with Crippen molar-refractivity contribution in [3.05, 3.63) is 24.2 Å². The molecular weight excluding hydrogens is 377 g/mol. The van der Waals surface area contributed by atoms with Gasteiger partial charge in [0.25, 0.3) is 0 Å². The molecule has 0 saturated carbocycles. The normalized spacial score (nSPS) is 24.6. The summed E-state index contributed by atoms with van der Waals surface area (Å²) in [5.41, 5.74) is 0. The van der Waals surface area contributed by atoms with Crippen LogP contribution in [0, 0.1) is 5.92 Å². The van der Waals surface area contributed by atoms with E-state index in [9.17, 15) is 21.6 Å². The molecule has 148 valence electrons. The number of likely N-dealkylation sites (tertiary alicyclic amines) is 1. The first kappa shape index (κ1) is 20.7. The summed E-state index contributed by atoms with van der Waals surface area (Å²) >= 11 is 0. The van der Waals surface area contributed by atoms with Crippen LogP contribution >= 0.6 is 0 Å². The van der Waals surface area contributed by atoms with Crippen LogP contribution in [0.3, 0.4) is 0 Å². The second-order valence-electron chi connectivity index (χ2n) is 6.40. The molecule has 0 spiro atoms. The molecule has 2 fully saturated rings. The number of nitrogens with zero attached hydrogens (tertiary/aromatic N) is 2. The number of sulfonamides is 1. The first-order chi connectivity index (χ1) is 12.0. The van der Waals surface area contributed by atoms with Crippen molar-refractivity contribution in [2.45, 2.75) is 31.6 Å². The van der Waals surface area contributed by atoms with Crippen LogP contribution in [0.4, 0.5) is 13.2 Å². The SMILES string of the molecule is CS(=O)(=O)N1C[C@H]2CCCN(Cc3ccco3)[C@H]2C1.O=C(O)C(F)(F)F. The van der Waals surface area contributed by atoms with Crippen molar-refractivity contribution in [3.8, 4) is 0 Å². The van der Waals surface area contributed by atoms with E-state index in [1.54, 1.807) is 10.6 Å². The van der Waals surface area contributed by atoms with Gasteiger partial charge >= 0.3 is 12.1 Å². The summed E-state index contributed by atoms with van der Waals surface area (Å²) in [5, 5.41) is 7.12. The quantitative estimate of drug-likeness (QED) is 0.835. The Morgan fingerprint density at radius 2 is 2.04 bits per heavy atom. The summed E-state index contributed by atoms with van der Waals surface area (Å²) in [6.07, 6.45) is 0.181. The number of furan rings is 1. The highest BCUT2D eigenvalue weighted by Crippen LogP contribution is 2.32. The first-order valence-electron chi connectivity index (χ1n) is 8.00. The molecule has 11 heteroatoms. The topological polar surface area (TPSA) is 91.1 Å². The maximum Gasteiger partial charge on any atom is 0.490 e. The molecule has 1 N–H and O–H groups in total. The molecule has 0 aliphatic carbocycles. The van der Waals surface area contributed by atoms with E-state index in [-0.39, 0.29) is 0 Å². The fourth-order valence-electron chi connectivity index (χ4n) is 3.30. The highest BCUT2D eigenvalue weighted by Gasteiger charge is 2.42. The lowest BCUT2D eigenvalue weighted by molar-refractivity contribution is -0.192. The maximum absolute atomic E-state index is 11.7. The van der Waals surface area contributed by atoms with E-state index in [0.717, 1.165) is 31.7 Å². The number of fused-ring (bicyclic) bond motifs is 1. The molecule has 2 saturated heterocycles. The lowest BCUT2D eigenvalue weighted by atomic mass is 9.92. The van der Waals surface area contributed by atoms with Crippen LogP contribution in [0.1, 0.15) is 18.6 Å². The largest absolute Gasteiger partial charge is 0.490 e. The molecule has 2 aliphatic heterocycles. The van der Waals surface area contributed by atoms with Crippen molar-refractivity contribution in [1.82, 2.24) is 9.21 Å². The summed E-state index contributed by atoms with van der Waals surface area (Å²) in [5.74, 6) is -1.33. The van der Waals surface area contributed by atoms with Gasteiger partial charge in [0, 0.05) is 19.1 Å². The van der Waals surface area contributed by atoms with Gasteiger partial charge in [-0.15, -0.1) is 0 Å². The zero-order chi connectivity index (χ0) is 19.5. The lowest BCUT2D eigenvalue weighted by Gasteiger charge is -2.36. The zero-order valence-electron chi connectivity index (χ0n) is 14.1. The first-order valence-corrected chi connectivity index (χ1v) is 9.85. The smallest absolute Gasteiger partial charge is 0.475 e. The van der Waals surface area contributed by atoms with Crippen LogP contribution < -0.4 is 0 Å². The lowest BCUT2D eigenvalue weighted by Crippen LogP contribution is -2.44. The highest BCUT2D eigenvalue weighted by atomic mass is 32.2. The standard InChI is InChI=1S/C13H20N2O3S.C2HF3O2/c1-19(16,17)15-8-11-4-2-6-14(13(11)10-15)9-12-5-3-7-18-12;3-2(4,5)1(6)7/h3,5,7,11,13H,2,4,6,8-10H2,1H3;(H,6,7)/t11-,13+;/m1./s1. The van der Waals surface area contributed by atoms with E-state index < -0.39 is 22.2 Å². The van der Waals surface area contributed by atoms with Crippen LogP contribution in [0.5, 0.6) is 0 Å². The minimum absolute atomic E-state index is 0.341. The minimum atomic E-state index is -5.08. The van der Waals surface area contributed by atoms with E-state index in [4.69, 9.17) is 14.3 Å². The monoisotopic (exact) mass is 398 g/mol. The zero-order valence-corrected chi connectivity index (χ0v) is 15.0. The summed E-state index contributed by atoms with van der Waals surface area (Å²) in [4.78, 5) is 11.3. The Kier molecular flexibility index (Phi) is 6.35. The molecule has 0 bridgehead atoms. The van der Waals surface area contributed by atoms with Crippen molar-refractivity contribution in [1.29, 1.82) is 0 Å². The number of alkyl halides is 3. The van der Waals surface area contributed by atoms with Crippen LogP contribution in [-0.2, 0) is 21.4 Å². The second kappa shape index (κ2) is 7.97. The van der Waals surface area contributed by atoms with Crippen molar-refractivity contribution >= 4 is 16.0 Å². The average Bonchev–Trinajstić information content (AvgIpc) is 3.15. The number of hydrogen-bond donors (Lipinski definition) is 1. The molecule has 0 unspecified atom stereocenters. The van der Waals surface area contributed by atoms with Crippen LogP contribution in [-0.4, -0.2) is 66.8 Å². The van der Waals surface area contributed by atoms with Gasteiger partial charge in [-0.3, -0.25) is 4.90 Å². The highest BCUT2D eigenvalue weighted by molar-refractivity contribution is 7.88. The minimum Gasteiger partial charge on any atom is -0.475 e.